The third kappa shape index (κ3) is 3.31. The average Bonchev–Trinajstić information content (AvgIpc) is 3.36. The van der Waals surface area contributed by atoms with Gasteiger partial charge in [-0.15, -0.1) is 0 Å². The van der Waals surface area contributed by atoms with E-state index >= 15 is 0 Å². The van der Waals surface area contributed by atoms with Crippen molar-refractivity contribution in [1.29, 1.82) is 0 Å². The van der Waals surface area contributed by atoms with Crippen molar-refractivity contribution >= 4 is 11.5 Å². The Morgan fingerprint density at radius 1 is 1.15 bits per heavy atom. The second kappa shape index (κ2) is 7.41. The maximum atomic E-state index is 5.54. The molecule has 0 spiro atoms. The Balaban J connectivity index is 1.56. The van der Waals surface area contributed by atoms with Gasteiger partial charge >= 0.3 is 0 Å². The van der Waals surface area contributed by atoms with E-state index in [1.54, 1.807) is 32.9 Å². The molecule has 7 heteroatoms. The standard InChI is InChI=1S/C20H20N4O3/c1-25-15-6-5-14(12-17(15)26-2)7-8-22-20-19(16-4-3-11-27-16)23-18-13-21-9-10-24(18)20/h3-6,9-13,22H,7-8H2,1-2H3. The van der Waals surface area contributed by atoms with E-state index in [2.05, 4.69) is 15.3 Å². The Morgan fingerprint density at radius 3 is 2.81 bits per heavy atom. The topological polar surface area (TPSA) is 73.8 Å². The number of imidazole rings is 1. The van der Waals surface area contributed by atoms with Crippen LogP contribution in [-0.2, 0) is 6.42 Å². The summed E-state index contributed by atoms with van der Waals surface area (Å²) in [6.45, 7) is 0.722. The van der Waals surface area contributed by atoms with Gasteiger partial charge in [0.2, 0.25) is 0 Å². The van der Waals surface area contributed by atoms with Gasteiger partial charge in [0.15, 0.2) is 22.9 Å². The van der Waals surface area contributed by atoms with Crippen LogP contribution in [0.1, 0.15) is 5.56 Å². The average molecular weight is 364 g/mol. The number of nitrogens with zero attached hydrogens (tertiary/aromatic N) is 3. The van der Waals surface area contributed by atoms with Crippen molar-refractivity contribution in [2.75, 3.05) is 26.1 Å². The summed E-state index contributed by atoms with van der Waals surface area (Å²) in [5, 5.41) is 3.48. The molecule has 0 aliphatic carbocycles. The highest BCUT2D eigenvalue weighted by molar-refractivity contribution is 5.73. The zero-order valence-corrected chi connectivity index (χ0v) is 15.2. The van der Waals surface area contributed by atoms with Gasteiger partial charge in [-0.25, -0.2) is 4.98 Å². The third-order valence-electron chi connectivity index (χ3n) is 4.34. The van der Waals surface area contributed by atoms with Crippen molar-refractivity contribution in [2.24, 2.45) is 0 Å². The Labute approximate surface area is 156 Å². The minimum absolute atomic E-state index is 0.715. The molecule has 3 heterocycles. The molecule has 0 saturated carbocycles. The van der Waals surface area contributed by atoms with E-state index in [0.717, 1.165) is 47.2 Å². The van der Waals surface area contributed by atoms with Gasteiger partial charge in [-0.05, 0) is 36.2 Å². The lowest BCUT2D eigenvalue weighted by molar-refractivity contribution is 0.354. The predicted molar refractivity (Wildman–Crippen MR) is 102 cm³/mol. The quantitative estimate of drug-likeness (QED) is 0.539. The second-order valence-electron chi connectivity index (χ2n) is 5.96. The van der Waals surface area contributed by atoms with Gasteiger partial charge in [0, 0.05) is 18.9 Å². The molecule has 0 aliphatic rings. The Bertz CT molecular complexity index is 1040. The molecular weight excluding hydrogens is 344 g/mol. The lowest BCUT2D eigenvalue weighted by atomic mass is 10.1. The molecule has 0 radical (unpaired) electrons. The van der Waals surface area contributed by atoms with E-state index < -0.39 is 0 Å². The van der Waals surface area contributed by atoms with Crippen LogP contribution >= 0.6 is 0 Å². The van der Waals surface area contributed by atoms with Gasteiger partial charge in [-0.1, -0.05) is 6.07 Å². The SMILES string of the molecule is COc1ccc(CCNc2c(-c3ccco3)nc3cnccn23)cc1OC. The number of benzene rings is 1. The van der Waals surface area contributed by atoms with Crippen molar-refractivity contribution in [2.45, 2.75) is 6.42 Å². The zero-order valence-electron chi connectivity index (χ0n) is 15.2. The molecule has 0 aliphatic heterocycles. The van der Waals surface area contributed by atoms with Crippen LogP contribution in [0.2, 0.25) is 0 Å². The van der Waals surface area contributed by atoms with Crippen LogP contribution in [-0.4, -0.2) is 35.1 Å². The number of hydrogen-bond donors (Lipinski definition) is 1. The molecule has 0 fully saturated rings. The largest absolute Gasteiger partial charge is 0.493 e. The number of methoxy groups -OCH3 is 2. The second-order valence-corrected chi connectivity index (χ2v) is 5.96. The van der Waals surface area contributed by atoms with Crippen LogP contribution in [0.25, 0.3) is 17.1 Å². The van der Waals surface area contributed by atoms with E-state index in [9.17, 15) is 0 Å². The summed E-state index contributed by atoms with van der Waals surface area (Å²) < 4.78 is 18.2. The van der Waals surface area contributed by atoms with Crippen LogP contribution in [0.4, 0.5) is 5.82 Å². The highest BCUT2D eigenvalue weighted by Gasteiger charge is 2.16. The number of anilines is 1. The van der Waals surface area contributed by atoms with Crippen LogP contribution < -0.4 is 14.8 Å². The minimum atomic E-state index is 0.715. The molecule has 0 unspecified atom stereocenters. The molecule has 0 atom stereocenters. The molecule has 0 saturated heterocycles. The van der Waals surface area contributed by atoms with Gasteiger partial charge in [0.05, 0.1) is 26.7 Å². The van der Waals surface area contributed by atoms with Crippen molar-refractivity contribution in [3.05, 3.63) is 60.7 Å². The van der Waals surface area contributed by atoms with Crippen molar-refractivity contribution in [3.63, 3.8) is 0 Å². The Hall–Kier alpha value is -3.48. The number of ether oxygens (including phenoxy) is 2. The molecule has 7 nitrogen and oxygen atoms in total. The zero-order chi connectivity index (χ0) is 18.6. The number of furan rings is 1. The first kappa shape index (κ1) is 17.0. The van der Waals surface area contributed by atoms with Crippen LogP contribution in [0.15, 0.2) is 59.6 Å². The number of aromatic nitrogens is 3. The summed E-state index contributed by atoms with van der Waals surface area (Å²) in [4.78, 5) is 8.78. The lowest BCUT2D eigenvalue weighted by Crippen LogP contribution is -2.08. The molecule has 1 N–H and O–H groups in total. The van der Waals surface area contributed by atoms with E-state index in [4.69, 9.17) is 13.9 Å². The maximum Gasteiger partial charge on any atom is 0.160 e. The fourth-order valence-electron chi connectivity index (χ4n) is 3.02. The van der Waals surface area contributed by atoms with Crippen molar-refractivity contribution in [1.82, 2.24) is 14.4 Å². The van der Waals surface area contributed by atoms with Crippen molar-refractivity contribution in [3.8, 4) is 23.0 Å². The molecule has 4 rings (SSSR count). The first-order chi connectivity index (χ1) is 13.3. The van der Waals surface area contributed by atoms with Crippen LogP contribution in [0.5, 0.6) is 11.5 Å². The lowest BCUT2D eigenvalue weighted by Gasteiger charge is -2.11. The summed E-state index contributed by atoms with van der Waals surface area (Å²) in [6, 6.07) is 9.70. The summed E-state index contributed by atoms with van der Waals surface area (Å²) >= 11 is 0. The fourth-order valence-corrected chi connectivity index (χ4v) is 3.02. The van der Waals surface area contributed by atoms with Gasteiger partial charge < -0.3 is 19.2 Å². The molecule has 0 amide bonds. The highest BCUT2D eigenvalue weighted by Crippen LogP contribution is 2.30. The first-order valence-electron chi connectivity index (χ1n) is 8.61. The van der Waals surface area contributed by atoms with E-state index in [-0.39, 0.29) is 0 Å². The monoisotopic (exact) mass is 364 g/mol. The van der Waals surface area contributed by atoms with E-state index in [1.807, 2.05) is 40.9 Å². The van der Waals surface area contributed by atoms with Crippen LogP contribution in [0.3, 0.4) is 0 Å². The number of nitrogens with one attached hydrogen (secondary N) is 1. The minimum Gasteiger partial charge on any atom is -0.493 e. The maximum absolute atomic E-state index is 5.54. The summed E-state index contributed by atoms with van der Waals surface area (Å²) in [7, 11) is 3.27. The molecule has 3 aromatic heterocycles. The van der Waals surface area contributed by atoms with Gasteiger partial charge in [-0.2, -0.15) is 0 Å². The van der Waals surface area contributed by atoms with Crippen molar-refractivity contribution < 1.29 is 13.9 Å². The van der Waals surface area contributed by atoms with E-state index in [1.165, 1.54) is 0 Å². The fraction of sp³-hybridized carbons (Fsp3) is 0.200. The van der Waals surface area contributed by atoms with E-state index in [0.29, 0.717) is 5.76 Å². The molecule has 1 aromatic carbocycles. The molecule has 0 bridgehead atoms. The first-order valence-corrected chi connectivity index (χ1v) is 8.61. The van der Waals surface area contributed by atoms with Gasteiger partial charge in [0.1, 0.15) is 11.5 Å². The Kier molecular flexibility index (Phi) is 4.65. The number of fused-ring (bicyclic) bond motifs is 1. The highest BCUT2D eigenvalue weighted by atomic mass is 16.5. The molecular formula is C20H20N4O3. The normalized spacial score (nSPS) is 10.9. The molecule has 4 aromatic rings. The third-order valence-corrected chi connectivity index (χ3v) is 4.34. The predicted octanol–water partition coefficient (Wildman–Crippen LogP) is 3.66. The summed E-state index contributed by atoms with van der Waals surface area (Å²) in [6.07, 6.45) is 7.81. The Morgan fingerprint density at radius 2 is 2.04 bits per heavy atom. The molecule has 27 heavy (non-hydrogen) atoms. The van der Waals surface area contributed by atoms with Gasteiger partial charge in [-0.3, -0.25) is 9.38 Å². The number of hydrogen-bond acceptors (Lipinski definition) is 6. The summed E-state index contributed by atoms with van der Waals surface area (Å²) in [5.41, 5.74) is 2.67. The number of rotatable bonds is 7. The van der Waals surface area contributed by atoms with Crippen LogP contribution in [0, 0.1) is 0 Å². The van der Waals surface area contributed by atoms with Gasteiger partial charge in [0.25, 0.3) is 0 Å². The summed E-state index contributed by atoms with van der Waals surface area (Å²) in [5.74, 6) is 3.05. The molecule has 138 valence electrons. The smallest absolute Gasteiger partial charge is 0.160 e.